The summed E-state index contributed by atoms with van der Waals surface area (Å²) in [6.45, 7) is 0. The third kappa shape index (κ3) is 2.22. The molecular weight excluding hydrogens is 274 g/mol. The molecule has 0 saturated heterocycles. The lowest BCUT2D eigenvalue weighted by molar-refractivity contribution is 0.0692. The van der Waals surface area contributed by atoms with E-state index >= 15 is 0 Å². The van der Waals surface area contributed by atoms with Gasteiger partial charge in [0.25, 0.3) is 0 Å². The van der Waals surface area contributed by atoms with Crippen molar-refractivity contribution in [3.05, 3.63) is 36.2 Å². The van der Waals surface area contributed by atoms with Crippen LogP contribution in [0.5, 0.6) is 5.88 Å². The summed E-state index contributed by atoms with van der Waals surface area (Å²) in [4.78, 5) is 19.3. The van der Waals surface area contributed by atoms with Gasteiger partial charge >= 0.3 is 5.97 Å². The van der Waals surface area contributed by atoms with Gasteiger partial charge in [0.1, 0.15) is 11.4 Å². The van der Waals surface area contributed by atoms with Crippen molar-refractivity contribution < 1.29 is 14.6 Å². The number of rotatable bonds is 3. The summed E-state index contributed by atoms with van der Waals surface area (Å²) in [5.41, 5.74) is 7.30. The van der Waals surface area contributed by atoms with Crippen LogP contribution in [-0.4, -0.2) is 37.8 Å². The lowest BCUT2D eigenvalue weighted by Crippen LogP contribution is -2.03. The second kappa shape index (κ2) is 4.75. The molecule has 8 heteroatoms. The zero-order chi connectivity index (χ0) is 15.0. The van der Waals surface area contributed by atoms with Crippen molar-refractivity contribution in [2.45, 2.75) is 0 Å². The Morgan fingerprint density at radius 2 is 2.24 bits per heavy atom. The minimum absolute atomic E-state index is 0.0259. The van der Waals surface area contributed by atoms with E-state index in [0.29, 0.717) is 22.7 Å². The zero-order valence-electron chi connectivity index (χ0n) is 11.0. The Bertz CT molecular complexity index is 843. The average Bonchev–Trinajstić information content (AvgIpc) is 2.85. The van der Waals surface area contributed by atoms with E-state index in [-0.39, 0.29) is 11.4 Å². The lowest BCUT2D eigenvalue weighted by atomic mass is 10.1. The molecule has 3 N–H and O–H groups in total. The molecule has 0 spiro atoms. The molecule has 8 nitrogen and oxygen atoms in total. The van der Waals surface area contributed by atoms with Crippen molar-refractivity contribution in [2.24, 2.45) is 0 Å². The van der Waals surface area contributed by atoms with Gasteiger partial charge in [-0.2, -0.15) is 5.10 Å². The van der Waals surface area contributed by atoms with E-state index in [4.69, 9.17) is 10.5 Å². The first-order valence-corrected chi connectivity index (χ1v) is 5.98. The highest BCUT2D eigenvalue weighted by Crippen LogP contribution is 2.23. The molecule has 3 aromatic heterocycles. The van der Waals surface area contributed by atoms with E-state index in [2.05, 4.69) is 15.1 Å². The number of nitrogen functional groups attached to an aromatic ring is 1. The molecule has 21 heavy (non-hydrogen) atoms. The number of fused-ring (bicyclic) bond motifs is 1. The highest BCUT2D eigenvalue weighted by molar-refractivity contribution is 5.91. The average molecular weight is 285 g/mol. The number of carboxylic acid groups (broad SMARTS) is 1. The number of carbonyl (C=O) groups is 1. The maximum atomic E-state index is 11.2. The molecule has 0 amide bonds. The van der Waals surface area contributed by atoms with Crippen LogP contribution in [0, 0.1) is 0 Å². The second-order valence-electron chi connectivity index (χ2n) is 4.27. The normalized spacial score (nSPS) is 10.7. The van der Waals surface area contributed by atoms with Crippen LogP contribution in [0.15, 0.2) is 30.6 Å². The van der Waals surface area contributed by atoms with Crippen LogP contribution in [-0.2, 0) is 0 Å². The van der Waals surface area contributed by atoms with Crippen LogP contribution in [0.3, 0.4) is 0 Å². The zero-order valence-corrected chi connectivity index (χ0v) is 11.0. The van der Waals surface area contributed by atoms with Gasteiger partial charge in [0.15, 0.2) is 5.65 Å². The topological polar surface area (TPSA) is 116 Å². The third-order valence-corrected chi connectivity index (χ3v) is 2.91. The number of pyridine rings is 1. The van der Waals surface area contributed by atoms with Gasteiger partial charge in [0, 0.05) is 11.8 Å². The number of anilines is 1. The van der Waals surface area contributed by atoms with Crippen molar-refractivity contribution in [3.8, 4) is 17.1 Å². The maximum absolute atomic E-state index is 11.2. The van der Waals surface area contributed by atoms with Crippen LogP contribution in [0.2, 0.25) is 0 Å². The van der Waals surface area contributed by atoms with E-state index < -0.39 is 5.97 Å². The minimum atomic E-state index is -1.12. The minimum Gasteiger partial charge on any atom is -0.480 e. The number of aromatic carboxylic acids is 1. The van der Waals surface area contributed by atoms with Crippen molar-refractivity contribution in [2.75, 3.05) is 12.8 Å². The highest BCUT2D eigenvalue weighted by Gasteiger charge is 2.15. The van der Waals surface area contributed by atoms with E-state index in [1.165, 1.54) is 23.9 Å². The van der Waals surface area contributed by atoms with Crippen LogP contribution in [0.4, 0.5) is 5.82 Å². The molecule has 0 aliphatic rings. The van der Waals surface area contributed by atoms with Gasteiger partial charge in [0.05, 0.1) is 19.0 Å². The van der Waals surface area contributed by atoms with Crippen LogP contribution >= 0.6 is 0 Å². The smallest absolute Gasteiger partial charge is 0.341 e. The maximum Gasteiger partial charge on any atom is 0.341 e. The van der Waals surface area contributed by atoms with E-state index in [0.717, 1.165) is 0 Å². The van der Waals surface area contributed by atoms with Crippen LogP contribution in [0.25, 0.3) is 16.9 Å². The molecule has 3 heterocycles. The predicted molar refractivity (Wildman–Crippen MR) is 74.1 cm³/mol. The van der Waals surface area contributed by atoms with Crippen LogP contribution < -0.4 is 10.5 Å². The number of nitrogens with zero attached hydrogens (tertiary/aromatic N) is 4. The molecule has 0 aromatic carbocycles. The second-order valence-corrected chi connectivity index (χ2v) is 4.27. The molecule has 0 bridgehead atoms. The Kier molecular flexibility index (Phi) is 2.90. The molecule has 0 atom stereocenters. The first-order chi connectivity index (χ1) is 10.1. The number of imidazole rings is 1. The molecule has 0 fully saturated rings. The Morgan fingerprint density at radius 1 is 1.43 bits per heavy atom. The van der Waals surface area contributed by atoms with E-state index in [1.807, 2.05) is 0 Å². The molecular formula is C13H11N5O3. The van der Waals surface area contributed by atoms with Crippen molar-refractivity contribution in [3.63, 3.8) is 0 Å². The number of ether oxygens (including phenoxy) is 1. The fourth-order valence-corrected chi connectivity index (χ4v) is 1.96. The number of hydrogen-bond donors (Lipinski definition) is 2. The number of hydrogen-bond acceptors (Lipinski definition) is 6. The Balaban J connectivity index is 2.13. The molecule has 0 aliphatic heterocycles. The first kappa shape index (κ1) is 12.9. The number of carboxylic acids is 1. The summed E-state index contributed by atoms with van der Waals surface area (Å²) in [5, 5.41) is 13.5. The summed E-state index contributed by atoms with van der Waals surface area (Å²) in [7, 11) is 1.37. The standard InChI is InChI=1S/C13H11N5O3/c1-21-12-8(13(19)20)4-7(5-15-12)9-2-3-11-16-10(14)6-18(11)17-9/h2-6H,14H2,1H3,(H,19,20). The number of aromatic nitrogens is 4. The van der Waals surface area contributed by atoms with E-state index in [9.17, 15) is 9.90 Å². The largest absolute Gasteiger partial charge is 0.480 e. The lowest BCUT2D eigenvalue weighted by Gasteiger charge is -2.06. The summed E-state index contributed by atoms with van der Waals surface area (Å²) in [6, 6.07) is 4.92. The Hall–Kier alpha value is -3.16. The molecule has 0 aliphatic carbocycles. The van der Waals surface area contributed by atoms with Crippen molar-refractivity contribution >= 4 is 17.4 Å². The van der Waals surface area contributed by atoms with Crippen molar-refractivity contribution in [1.29, 1.82) is 0 Å². The molecule has 0 radical (unpaired) electrons. The van der Waals surface area contributed by atoms with Gasteiger partial charge in [-0.25, -0.2) is 19.3 Å². The summed E-state index contributed by atoms with van der Waals surface area (Å²) in [6.07, 6.45) is 3.08. The van der Waals surface area contributed by atoms with Gasteiger partial charge in [-0.05, 0) is 18.2 Å². The van der Waals surface area contributed by atoms with Crippen molar-refractivity contribution in [1.82, 2.24) is 19.6 Å². The number of nitrogens with two attached hydrogens (primary N) is 1. The highest BCUT2D eigenvalue weighted by atomic mass is 16.5. The summed E-state index contributed by atoms with van der Waals surface area (Å²) in [5.74, 6) is -0.702. The van der Waals surface area contributed by atoms with Gasteiger partial charge in [-0.15, -0.1) is 0 Å². The SMILES string of the molecule is COc1ncc(-c2ccc3nc(N)cn3n2)cc1C(=O)O. The molecule has 3 rings (SSSR count). The Labute approximate surface area is 118 Å². The molecule has 0 saturated carbocycles. The first-order valence-electron chi connectivity index (χ1n) is 5.98. The Morgan fingerprint density at radius 3 is 2.95 bits per heavy atom. The quantitative estimate of drug-likeness (QED) is 0.739. The third-order valence-electron chi connectivity index (χ3n) is 2.91. The molecule has 0 unspecified atom stereocenters. The molecule has 106 valence electrons. The summed E-state index contributed by atoms with van der Waals surface area (Å²) < 4.78 is 6.45. The summed E-state index contributed by atoms with van der Waals surface area (Å²) >= 11 is 0. The molecule has 3 aromatic rings. The fraction of sp³-hybridized carbons (Fsp3) is 0.0769. The van der Waals surface area contributed by atoms with E-state index in [1.54, 1.807) is 18.3 Å². The fourth-order valence-electron chi connectivity index (χ4n) is 1.96. The van der Waals surface area contributed by atoms with Crippen LogP contribution in [0.1, 0.15) is 10.4 Å². The predicted octanol–water partition coefficient (Wildman–Crippen LogP) is 1.08. The monoisotopic (exact) mass is 285 g/mol. The number of methoxy groups -OCH3 is 1. The van der Waals surface area contributed by atoms with Gasteiger partial charge in [-0.3, -0.25) is 0 Å². The van der Waals surface area contributed by atoms with Gasteiger partial charge in [0.2, 0.25) is 5.88 Å². The van der Waals surface area contributed by atoms with Gasteiger partial charge in [-0.1, -0.05) is 0 Å². The van der Waals surface area contributed by atoms with Gasteiger partial charge < -0.3 is 15.6 Å².